The van der Waals surface area contributed by atoms with E-state index in [-0.39, 0.29) is 11.3 Å². The second-order valence-corrected chi connectivity index (χ2v) is 4.87. The Labute approximate surface area is 130 Å². The molecule has 0 radical (unpaired) electrons. The monoisotopic (exact) mass is 310 g/mol. The van der Waals surface area contributed by atoms with Gasteiger partial charge in [-0.3, -0.25) is 15.0 Å². The summed E-state index contributed by atoms with van der Waals surface area (Å²) in [5.41, 5.74) is 0.568. The van der Waals surface area contributed by atoms with E-state index in [1.54, 1.807) is 13.2 Å². The lowest BCUT2D eigenvalue weighted by atomic mass is 10.1. The van der Waals surface area contributed by atoms with Crippen LogP contribution in [-0.2, 0) is 16.0 Å². The van der Waals surface area contributed by atoms with E-state index in [0.29, 0.717) is 13.2 Å². The fraction of sp³-hybridized carbons (Fsp3) is 0.533. The van der Waals surface area contributed by atoms with Crippen LogP contribution >= 0.6 is 0 Å². The van der Waals surface area contributed by atoms with E-state index in [4.69, 9.17) is 4.74 Å². The van der Waals surface area contributed by atoms with Crippen LogP contribution in [-0.4, -0.2) is 49.7 Å². The predicted octanol–water partition coefficient (Wildman–Crippen LogP) is 2.24. The maximum Gasteiger partial charge on any atom is 0.344 e. The van der Waals surface area contributed by atoms with Gasteiger partial charge in [-0.2, -0.15) is 0 Å². The van der Waals surface area contributed by atoms with Crippen molar-refractivity contribution in [1.29, 1.82) is 0 Å². The molecule has 0 unspecified atom stereocenters. The Balaban J connectivity index is 2.99. The Hall–Kier alpha value is -1.99. The first-order valence-electron chi connectivity index (χ1n) is 7.10. The molecule has 1 aromatic carbocycles. The minimum Gasteiger partial charge on any atom is -0.465 e. The second kappa shape index (κ2) is 9.11. The molecule has 0 fully saturated rings. The molecule has 122 valence electrons. The summed E-state index contributed by atoms with van der Waals surface area (Å²) in [5, 5.41) is 11.0. The Morgan fingerprint density at radius 3 is 2.59 bits per heavy atom. The number of ether oxygens (including phenoxy) is 2. The average Bonchev–Trinajstić information content (AvgIpc) is 2.51. The Bertz CT molecular complexity index is 519. The first-order chi connectivity index (χ1) is 10.5. The lowest BCUT2D eigenvalue weighted by Crippen LogP contribution is -2.28. The number of rotatable bonds is 9. The SMILES string of the molecule is CCCN(CCOC)Cc1ccc([N+](=O)[O-])c(C(=O)OC)c1. The third-order valence-corrected chi connectivity index (χ3v) is 3.22. The van der Waals surface area contributed by atoms with Crippen molar-refractivity contribution in [2.75, 3.05) is 33.9 Å². The number of hydrogen-bond acceptors (Lipinski definition) is 6. The molecule has 0 bridgehead atoms. The summed E-state index contributed by atoms with van der Waals surface area (Å²) in [6.45, 7) is 4.92. The number of nitro benzene ring substituents is 1. The molecule has 0 saturated carbocycles. The van der Waals surface area contributed by atoms with Gasteiger partial charge in [0.25, 0.3) is 5.69 Å². The van der Waals surface area contributed by atoms with Crippen LogP contribution in [0.25, 0.3) is 0 Å². The molecule has 0 N–H and O–H groups in total. The molecule has 0 aliphatic heterocycles. The molecule has 0 aromatic heterocycles. The molecule has 7 nitrogen and oxygen atoms in total. The molecule has 22 heavy (non-hydrogen) atoms. The van der Waals surface area contributed by atoms with Gasteiger partial charge in [-0.1, -0.05) is 13.0 Å². The smallest absolute Gasteiger partial charge is 0.344 e. The fourth-order valence-electron chi connectivity index (χ4n) is 2.18. The van der Waals surface area contributed by atoms with Gasteiger partial charge >= 0.3 is 5.97 Å². The first kappa shape index (κ1) is 18.1. The Kier molecular flexibility index (Phi) is 7.48. The van der Waals surface area contributed by atoms with Crippen LogP contribution in [0, 0.1) is 10.1 Å². The highest BCUT2D eigenvalue weighted by Gasteiger charge is 2.21. The minimum atomic E-state index is -0.701. The van der Waals surface area contributed by atoms with Crippen LogP contribution in [0.15, 0.2) is 18.2 Å². The molecule has 0 saturated heterocycles. The number of nitrogens with zero attached hydrogens (tertiary/aromatic N) is 2. The maximum atomic E-state index is 11.7. The van der Waals surface area contributed by atoms with E-state index >= 15 is 0 Å². The number of benzene rings is 1. The number of carbonyl (C=O) groups is 1. The molecular weight excluding hydrogens is 288 g/mol. The number of hydrogen-bond donors (Lipinski definition) is 0. The second-order valence-electron chi connectivity index (χ2n) is 4.87. The van der Waals surface area contributed by atoms with Crippen molar-refractivity contribution in [3.63, 3.8) is 0 Å². The zero-order chi connectivity index (χ0) is 16.5. The van der Waals surface area contributed by atoms with Crippen LogP contribution < -0.4 is 0 Å². The normalized spacial score (nSPS) is 10.7. The van der Waals surface area contributed by atoms with E-state index in [1.807, 2.05) is 0 Å². The molecule has 0 spiro atoms. The van der Waals surface area contributed by atoms with Gasteiger partial charge in [-0.05, 0) is 24.6 Å². The van der Waals surface area contributed by atoms with Crippen molar-refractivity contribution in [3.05, 3.63) is 39.4 Å². The van der Waals surface area contributed by atoms with E-state index in [2.05, 4.69) is 16.6 Å². The summed E-state index contributed by atoms with van der Waals surface area (Å²) >= 11 is 0. The van der Waals surface area contributed by atoms with Gasteiger partial charge in [0.2, 0.25) is 0 Å². The zero-order valence-corrected chi connectivity index (χ0v) is 13.2. The maximum absolute atomic E-state index is 11.7. The van der Waals surface area contributed by atoms with Crippen LogP contribution in [0.3, 0.4) is 0 Å². The van der Waals surface area contributed by atoms with Gasteiger partial charge in [-0.15, -0.1) is 0 Å². The number of nitro groups is 1. The third kappa shape index (κ3) is 5.09. The molecule has 7 heteroatoms. The molecule has 0 aliphatic rings. The highest BCUT2D eigenvalue weighted by atomic mass is 16.6. The van der Waals surface area contributed by atoms with Gasteiger partial charge in [0, 0.05) is 26.3 Å². The van der Waals surface area contributed by atoms with Crippen LogP contribution in [0.5, 0.6) is 0 Å². The van der Waals surface area contributed by atoms with Crippen LogP contribution in [0.2, 0.25) is 0 Å². The van der Waals surface area contributed by atoms with Crippen LogP contribution in [0.4, 0.5) is 5.69 Å². The molecule has 0 atom stereocenters. The lowest BCUT2D eigenvalue weighted by molar-refractivity contribution is -0.385. The summed E-state index contributed by atoms with van der Waals surface area (Å²) in [4.78, 5) is 24.3. The van der Waals surface area contributed by atoms with Gasteiger partial charge in [0.05, 0.1) is 18.6 Å². The average molecular weight is 310 g/mol. The van der Waals surface area contributed by atoms with Crippen molar-refractivity contribution >= 4 is 11.7 Å². The molecule has 1 aromatic rings. The quantitative estimate of drug-likeness (QED) is 0.395. The molecule has 0 amide bonds. The fourth-order valence-corrected chi connectivity index (χ4v) is 2.18. The number of carbonyl (C=O) groups excluding carboxylic acids is 1. The van der Waals surface area contributed by atoms with E-state index in [9.17, 15) is 14.9 Å². The van der Waals surface area contributed by atoms with Gasteiger partial charge < -0.3 is 9.47 Å². The first-order valence-corrected chi connectivity index (χ1v) is 7.10. The highest BCUT2D eigenvalue weighted by Crippen LogP contribution is 2.21. The van der Waals surface area contributed by atoms with Crippen molar-refractivity contribution in [3.8, 4) is 0 Å². The van der Waals surface area contributed by atoms with Gasteiger partial charge in [0.15, 0.2) is 0 Å². The van der Waals surface area contributed by atoms with Crippen LogP contribution in [0.1, 0.15) is 29.3 Å². The van der Waals surface area contributed by atoms with E-state index in [1.165, 1.54) is 19.2 Å². The Morgan fingerprint density at radius 2 is 2.05 bits per heavy atom. The zero-order valence-electron chi connectivity index (χ0n) is 13.2. The Morgan fingerprint density at radius 1 is 1.32 bits per heavy atom. The summed E-state index contributed by atoms with van der Waals surface area (Å²) in [6, 6.07) is 4.54. The molecule has 0 aliphatic carbocycles. The van der Waals surface area contributed by atoms with Crippen molar-refractivity contribution in [2.24, 2.45) is 0 Å². The summed E-state index contributed by atoms with van der Waals surface area (Å²) in [5.74, 6) is -0.701. The summed E-state index contributed by atoms with van der Waals surface area (Å²) in [7, 11) is 2.85. The molecule has 0 heterocycles. The molecular formula is C15H22N2O5. The summed E-state index contributed by atoms with van der Waals surface area (Å²) in [6.07, 6.45) is 0.987. The largest absolute Gasteiger partial charge is 0.465 e. The molecule has 1 rings (SSSR count). The standard InChI is InChI=1S/C15H22N2O5/c1-4-7-16(8-9-21-2)11-12-5-6-14(17(19)20)13(10-12)15(18)22-3/h5-6,10H,4,7-9,11H2,1-3H3. The highest BCUT2D eigenvalue weighted by molar-refractivity contribution is 5.94. The number of methoxy groups -OCH3 is 2. The number of esters is 1. The third-order valence-electron chi connectivity index (χ3n) is 3.22. The van der Waals surface area contributed by atoms with Crippen molar-refractivity contribution < 1.29 is 19.2 Å². The van der Waals surface area contributed by atoms with E-state index in [0.717, 1.165) is 25.1 Å². The lowest BCUT2D eigenvalue weighted by Gasteiger charge is -2.21. The van der Waals surface area contributed by atoms with Gasteiger partial charge in [-0.25, -0.2) is 4.79 Å². The summed E-state index contributed by atoms with van der Waals surface area (Å²) < 4.78 is 9.70. The van der Waals surface area contributed by atoms with E-state index < -0.39 is 10.9 Å². The van der Waals surface area contributed by atoms with Crippen molar-refractivity contribution in [2.45, 2.75) is 19.9 Å². The minimum absolute atomic E-state index is 0.0202. The van der Waals surface area contributed by atoms with Crippen molar-refractivity contribution in [1.82, 2.24) is 4.90 Å². The predicted molar refractivity (Wildman–Crippen MR) is 81.9 cm³/mol. The topological polar surface area (TPSA) is 81.9 Å². The van der Waals surface area contributed by atoms with Gasteiger partial charge in [0.1, 0.15) is 5.56 Å².